The average Bonchev–Trinajstić information content (AvgIpc) is 2.60. The lowest BCUT2D eigenvalue weighted by Gasteiger charge is -2.23. The lowest BCUT2D eigenvalue weighted by Crippen LogP contribution is -2.44. The molecule has 0 aliphatic carbocycles. The van der Waals surface area contributed by atoms with Crippen molar-refractivity contribution in [3.8, 4) is 0 Å². The van der Waals surface area contributed by atoms with Gasteiger partial charge in [0.2, 0.25) is 11.8 Å². The molecule has 0 heterocycles. The predicted octanol–water partition coefficient (Wildman–Crippen LogP) is 4.92. The second kappa shape index (κ2) is 8.13. The van der Waals surface area contributed by atoms with Gasteiger partial charge in [0, 0.05) is 17.3 Å². The van der Waals surface area contributed by atoms with E-state index in [0.717, 1.165) is 5.56 Å². The smallest absolute Gasteiger partial charge is 0.239 e. The fourth-order valence-electron chi connectivity index (χ4n) is 2.48. The Morgan fingerprint density at radius 1 is 0.889 bits per heavy atom. The van der Waals surface area contributed by atoms with Crippen LogP contribution in [0.5, 0.6) is 0 Å². The molecule has 2 N–H and O–H groups in total. The summed E-state index contributed by atoms with van der Waals surface area (Å²) in [6.45, 7) is 9.88. The van der Waals surface area contributed by atoms with E-state index in [1.807, 2.05) is 42.5 Å². The highest BCUT2D eigenvalue weighted by molar-refractivity contribution is 6.31. The summed E-state index contributed by atoms with van der Waals surface area (Å²) in [7, 11) is 0. The van der Waals surface area contributed by atoms with E-state index in [9.17, 15) is 9.59 Å². The van der Waals surface area contributed by atoms with Crippen LogP contribution in [0.15, 0.2) is 48.5 Å². The lowest BCUT2D eigenvalue weighted by atomic mass is 9.87. The highest BCUT2D eigenvalue weighted by atomic mass is 35.5. The van der Waals surface area contributed by atoms with Crippen molar-refractivity contribution in [1.29, 1.82) is 0 Å². The highest BCUT2D eigenvalue weighted by Gasteiger charge is 2.36. The van der Waals surface area contributed by atoms with Gasteiger partial charge in [-0.2, -0.15) is 0 Å². The van der Waals surface area contributed by atoms with Crippen molar-refractivity contribution in [2.75, 3.05) is 5.32 Å². The van der Waals surface area contributed by atoms with Crippen molar-refractivity contribution >= 4 is 29.1 Å². The minimum absolute atomic E-state index is 0.0421. The molecule has 0 radical (unpaired) electrons. The summed E-state index contributed by atoms with van der Waals surface area (Å²) in [4.78, 5) is 25.2. The summed E-state index contributed by atoms with van der Waals surface area (Å²) in [5.41, 5.74) is 1.48. The molecule has 4 nitrogen and oxygen atoms in total. The van der Waals surface area contributed by atoms with E-state index >= 15 is 0 Å². The molecule has 0 aliphatic rings. The van der Waals surface area contributed by atoms with Crippen molar-refractivity contribution in [3.63, 3.8) is 0 Å². The Labute approximate surface area is 166 Å². The van der Waals surface area contributed by atoms with Crippen LogP contribution in [0.4, 0.5) is 5.69 Å². The molecule has 2 amide bonds. The van der Waals surface area contributed by atoms with Crippen molar-refractivity contribution in [1.82, 2.24) is 5.32 Å². The van der Waals surface area contributed by atoms with Crippen LogP contribution in [-0.2, 0) is 21.5 Å². The van der Waals surface area contributed by atoms with Gasteiger partial charge >= 0.3 is 0 Å². The summed E-state index contributed by atoms with van der Waals surface area (Å²) >= 11 is 6.11. The topological polar surface area (TPSA) is 58.2 Å². The molecule has 0 spiro atoms. The molecule has 27 heavy (non-hydrogen) atoms. The minimum atomic E-state index is -1.22. The van der Waals surface area contributed by atoms with E-state index in [0.29, 0.717) is 10.7 Å². The fourth-order valence-corrected chi connectivity index (χ4v) is 2.68. The van der Waals surface area contributed by atoms with Crippen LogP contribution >= 0.6 is 11.6 Å². The van der Waals surface area contributed by atoms with Crippen molar-refractivity contribution in [2.24, 2.45) is 5.41 Å². The summed E-state index contributed by atoms with van der Waals surface area (Å²) in [5.74, 6) is -0.714. The molecule has 0 bridgehead atoms. The number of hydrogen-bond acceptors (Lipinski definition) is 2. The first-order chi connectivity index (χ1) is 12.5. The Hall–Kier alpha value is -2.33. The van der Waals surface area contributed by atoms with Gasteiger partial charge in [-0.25, -0.2) is 0 Å². The molecule has 0 aromatic heterocycles. The first-order valence-corrected chi connectivity index (χ1v) is 9.33. The average molecular weight is 387 g/mol. The minimum Gasteiger partial charge on any atom is -0.351 e. The van der Waals surface area contributed by atoms with E-state index in [-0.39, 0.29) is 23.8 Å². The highest BCUT2D eigenvalue weighted by Crippen LogP contribution is 2.25. The van der Waals surface area contributed by atoms with Gasteiger partial charge in [-0.05, 0) is 48.6 Å². The van der Waals surface area contributed by atoms with E-state index in [1.165, 1.54) is 5.56 Å². The third kappa shape index (κ3) is 5.33. The van der Waals surface area contributed by atoms with Gasteiger partial charge in [0.25, 0.3) is 0 Å². The summed E-state index contributed by atoms with van der Waals surface area (Å²) in [6.07, 6.45) is 0. The van der Waals surface area contributed by atoms with Crippen molar-refractivity contribution in [2.45, 2.75) is 46.6 Å². The number of halogens is 1. The Balaban J connectivity index is 2.01. The van der Waals surface area contributed by atoms with Gasteiger partial charge in [0.05, 0.1) is 0 Å². The SMILES string of the molecule is CC(C)(C(=O)NCc1ccccc1Cl)C(=O)Nc1ccc(C(C)(C)C)cc1. The molecule has 0 fully saturated rings. The fraction of sp³-hybridized carbons (Fsp3) is 0.364. The standard InChI is InChI=1S/C22H27ClN2O2/c1-21(2,3)16-10-12-17(13-11-16)25-20(27)22(4,5)19(26)24-14-15-8-6-7-9-18(15)23/h6-13H,14H2,1-5H3,(H,24,26)(H,25,27). The monoisotopic (exact) mass is 386 g/mol. The second-order valence-electron chi connectivity index (χ2n) is 8.18. The van der Waals surface area contributed by atoms with Gasteiger partial charge in [-0.15, -0.1) is 0 Å². The first kappa shape index (κ1) is 21.0. The Morgan fingerprint density at radius 3 is 2.04 bits per heavy atom. The van der Waals surface area contributed by atoms with Crippen molar-refractivity contribution < 1.29 is 9.59 Å². The third-order valence-corrected chi connectivity index (χ3v) is 4.91. The largest absolute Gasteiger partial charge is 0.351 e. The molecule has 5 heteroatoms. The van der Waals surface area contributed by atoms with Crippen molar-refractivity contribution in [3.05, 3.63) is 64.7 Å². The number of carbonyl (C=O) groups excluding carboxylic acids is 2. The number of carbonyl (C=O) groups is 2. The number of nitrogens with one attached hydrogen (secondary N) is 2. The summed E-state index contributed by atoms with van der Waals surface area (Å²) in [5, 5.41) is 6.20. The molecule has 0 aliphatic heterocycles. The molecule has 0 saturated carbocycles. The molecule has 2 aromatic rings. The van der Waals surface area contributed by atoms with Crippen LogP contribution in [0.3, 0.4) is 0 Å². The molecule has 2 rings (SSSR count). The number of benzene rings is 2. The Morgan fingerprint density at radius 2 is 1.48 bits per heavy atom. The normalized spacial score (nSPS) is 11.8. The van der Waals surface area contributed by atoms with Gasteiger partial charge in [0.15, 0.2) is 0 Å². The van der Waals surface area contributed by atoms with Crippen LogP contribution in [-0.4, -0.2) is 11.8 Å². The van der Waals surface area contributed by atoms with Gasteiger partial charge < -0.3 is 10.6 Å². The lowest BCUT2D eigenvalue weighted by molar-refractivity contribution is -0.138. The van der Waals surface area contributed by atoms with Gasteiger partial charge in [-0.1, -0.05) is 62.7 Å². The van der Waals surface area contributed by atoms with Crippen LogP contribution in [0.25, 0.3) is 0 Å². The predicted molar refractivity (Wildman–Crippen MR) is 111 cm³/mol. The summed E-state index contributed by atoms with van der Waals surface area (Å²) < 4.78 is 0. The van der Waals surface area contributed by atoms with E-state index < -0.39 is 5.41 Å². The molecule has 2 aromatic carbocycles. The van der Waals surface area contributed by atoms with E-state index in [4.69, 9.17) is 11.6 Å². The molecule has 0 saturated heterocycles. The zero-order valence-electron chi connectivity index (χ0n) is 16.5. The van der Waals surface area contributed by atoms with Crippen LogP contribution in [0, 0.1) is 5.41 Å². The zero-order valence-corrected chi connectivity index (χ0v) is 17.3. The maximum absolute atomic E-state index is 12.6. The van der Waals surface area contributed by atoms with Gasteiger partial charge in [0.1, 0.15) is 5.41 Å². The number of anilines is 1. The number of amides is 2. The maximum atomic E-state index is 12.6. The van der Waals surface area contributed by atoms with E-state index in [1.54, 1.807) is 19.9 Å². The van der Waals surface area contributed by atoms with Crippen LogP contribution in [0.1, 0.15) is 45.7 Å². The number of rotatable bonds is 5. The van der Waals surface area contributed by atoms with Crippen LogP contribution < -0.4 is 10.6 Å². The Bertz CT molecular complexity index is 821. The molecular formula is C22H27ClN2O2. The van der Waals surface area contributed by atoms with Gasteiger partial charge in [-0.3, -0.25) is 9.59 Å². The third-order valence-electron chi connectivity index (χ3n) is 4.54. The van der Waals surface area contributed by atoms with E-state index in [2.05, 4.69) is 31.4 Å². The molecular weight excluding hydrogens is 360 g/mol. The molecule has 0 unspecified atom stereocenters. The quantitative estimate of drug-likeness (QED) is 0.716. The zero-order chi connectivity index (χ0) is 20.2. The maximum Gasteiger partial charge on any atom is 0.239 e. The second-order valence-corrected chi connectivity index (χ2v) is 8.59. The summed E-state index contributed by atoms with van der Waals surface area (Å²) in [6, 6.07) is 15.0. The Kier molecular flexibility index (Phi) is 6.32. The first-order valence-electron chi connectivity index (χ1n) is 8.95. The van der Waals surface area contributed by atoms with Crippen LogP contribution in [0.2, 0.25) is 5.02 Å². The molecule has 0 atom stereocenters. The molecule has 144 valence electrons. The number of hydrogen-bond donors (Lipinski definition) is 2.